The van der Waals surface area contributed by atoms with E-state index in [2.05, 4.69) is 37.2 Å². The van der Waals surface area contributed by atoms with Crippen LogP contribution in [-0.2, 0) is 4.79 Å². The van der Waals surface area contributed by atoms with E-state index in [0.29, 0.717) is 18.1 Å². The molecule has 1 N–H and O–H groups in total. The van der Waals surface area contributed by atoms with Crippen molar-refractivity contribution in [2.24, 2.45) is 0 Å². The van der Waals surface area contributed by atoms with Crippen molar-refractivity contribution < 1.29 is 9.53 Å². The van der Waals surface area contributed by atoms with Crippen molar-refractivity contribution in [3.63, 3.8) is 0 Å². The molecule has 0 fully saturated rings. The maximum atomic E-state index is 11.7. The summed E-state index contributed by atoms with van der Waals surface area (Å²) in [5.41, 5.74) is 0.941. The molecular weight excluding hydrogens is 336 g/mol. The van der Waals surface area contributed by atoms with Crippen LogP contribution < -0.4 is 10.1 Å². The molecule has 7 heteroatoms. The van der Waals surface area contributed by atoms with Gasteiger partial charge in [0.25, 0.3) is 0 Å². The number of nitrogens with zero attached hydrogens (tertiary/aromatic N) is 3. The molecule has 6 nitrogen and oxygen atoms in total. The number of anilines is 1. The van der Waals surface area contributed by atoms with Crippen LogP contribution in [0.25, 0.3) is 0 Å². The van der Waals surface area contributed by atoms with E-state index in [4.69, 9.17) is 11.2 Å². The molecule has 106 valence electrons. The minimum Gasteiger partial charge on any atom is -0.480 e. The summed E-state index contributed by atoms with van der Waals surface area (Å²) in [5.74, 6) is 3.46. The van der Waals surface area contributed by atoms with Crippen LogP contribution in [0, 0.1) is 12.3 Å². The number of fused-ring (bicyclic) bond motifs is 1. The molecule has 1 amide bonds. The first-order chi connectivity index (χ1) is 10.2. The van der Waals surface area contributed by atoms with Gasteiger partial charge < -0.3 is 4.74 Å². The number of benzene rings is 1. The zero-order valence-electron chi connectivity index (χ0n) is 10.9. The molecule has 0 aliphatic carbocycles. The van der Waals surface area contributed by atoms with Gasteiger partial charge in [0.1, 0.15) is 18.7 Å². The van der Waals surface area contributed by atoms with Crippen LogP contribution in [-0.4, -0.2) is 27.3 Å². The second-order valence-corrected chi connectivity index (χ2v) is 5.33. The number of halogens is 1. The number of ether oxygens (including phenoxy) is 1. The molecule has 1 aromatic heterocycles. The van der Waals surface area contributed by atoms with Gasteiger partial charge in [-0.1, -0.05) is 12.0 Å². The summed E-state index contributed by atoms with van der Waals surface area (Å²) >= 11 is 3.45. The Morgan fingerprint density at radius 1 is 1.57 bits per heavy atom. The van der Waals surface area contributed by atoms with Crippen LogP contribution in [0.15, 0.2) is 29.0 Å². The molecule has 21 heavy (non-hydrogen) atoms. The highest BCUT2D eigenvalue weighted by atomic mass is 79.9. The van der Waals surface area contributed by atoms with Crippen LogP contribution in [0.4, 0.5) is 5.95 Å². The second kappa shape index (κ2) is 5.58. The molecule has 3 rings (SSSR count). The number of nitrogens with one attached hydrogen (secondary N) is 1. The minimum absolute atomic E-state index is 0.0794. The average Bonchev–Trinajstić information content (AvgIpc) is 2.93. The molecule has 0 saturated carbocycles. The Hall–Kier alpha value is -2.33. The van der Waals surface area contributed by atoms with Gasteiger partial charge in [-0.2, -0.15) is 10.1 Å². The smallest absolute Gasteiger partial charge is 0.229 e. The lowest BCUT2D eigenvalue weighted by molar-refractivity contribution is -0.117. The highest BCUT2D eigenvalue weighted by molar-refractivity contribution is 9.10. The topological polar surface area (TPSA) is 69.0 Å². The number of aromatic nitrogens is 3. The zero-order valence-corrected chi connectivity index (χ0v) is 12.5. The fourth-order valence-electron chi connectivity index (χ4n) is 2.23. The highest BCUT2D eigenvalue weighted by Gasteiger charge is 2.27. The summed E-state index contributed by atoms with van der Waals surface area (Å²) in [6, 6.07) is 5.43. The third kappa shape index (κ3) is 2.62. The summed E-state index contributed by atoms with van der Waals surface area (Å²) in [5, 5.41) is 6.85. The number of hydrogen-bond acceptors (Lipinski definition) is 4. The Morgan fingerprint density at radius 3 is 3.19 bits per heavy atom. The van der Waals surface area contributed by atoms with Gasteiger partial charge >= 0.3 is 0 Å². The molecule has 1 aromatic carbocycles. The molecule has 0 saturated heterocycles. The predicted molar refractivity (Wildman–Crippen MR) is 79.9 cm³/mol. The second-order valence-electron chi connectivity index (χ2n) is 4.48. The largest absolute Gasteiger partial charge is 0.480 e. The standard InChI is InChI=1S/C14H11BrN4O2/c1-2-5-21-12-4-3-9(6-10(12)15)11-7-13(20)18-14-16-8-17-19(11)14/h1,3-4,6,8,11H,5,7H2,(H,16,17,18,20)/t11-/m0/s1. The molecule has 2 heterocycles. The predicted octanol–water partition coefficient (Wildman–Crippen LogP) is 1.98. The fraction of sp³-hybridized carbons (Fsp3) is 0.214. The molecular formula is C14H11BrN4O2. The highest BCUT2D eigenvalue weighted by Crippen LogP contribution is 2.33. The number of carbonyl (C=O) groups excluding carboxylic acids is 1. The summed E-state index contributed by atoms with van der Waals surface area (Å²) in [4.78, 5) is 15.8. The van der Waals surface area contributed by atoms with Crippen molar-refractivity contribution in [2.75, 3.05) is 11.9 Å². The van der Waals surface area contributed by atoms with Crippen molar-refractivity contribution in [3.05, 3.63) is 34.6 Å². The van der Waals surface area contributed by atoms with Gasteiger partial charge in [0.2, 0.25) is 11.9 Å². The third-order valence-corrected chi connectivity index (χ3v) is 3.77. The van der Waals surface area contributed by atoms with E-state index in [1.807, 2.05) is 18.2 Å². The monoisotopic (exact) mass is 346 g/mol. The van der Waals surface area contributed by atoms with Crippen LogP contribution in [0.3, 0.4) is 0 Å². The quantitative estimate of drug-likeness (QED) is 0.863. The molecule has 0 unspecified atom stereocenters. The van der Waals surface area contributed by atoms with Gasteiger partial charge in [-0.15, -0.1) is 6.42 Å². The maximum Gasteiger partial charge on any atom is 0.229 e. The van der Waals surface area contributed by atoms with E-state index >= 15 is 0 Å². The van der Waals surface area contributed by atoms with E-state index in [-0.39, 0.29) is 18.6 Å². The fourth-order valence-corrected chi connectivity index (χ4v) is 2.74. The van der Waals surface area contributed by atoms with Crippen molar-refractivity contribution >= 4 is 27.8 Å². The van der Waals surface area contributed by atoms with E-state index < -0.39 is 0 Å². The molecule has 0 bridgehead atoms. The number of carbonyl (C=O) groups is 1. The van der Waals surface area contributed by atoms with Gasteiger partial charge in [0, 0.05) is 0 Å². The average molecular weight is 347 g/mol. The van der Waals surface area contributed by atoms with Gasteiger partial charge in [-0.05, 0) is 33.6 Å². The van der Waals surface area contributed by atoms with Crippen molar-refractivity contribution in [1.82, 2.24) is 14.8 Å². The Bertz CT molecular complexity index is 735. The number of terminal acetylenes is 1. The van der Waals surface area contributed by atoms with Crippen molar-refractivity contribution in [1.29, 1.82) is 0 Å². The minimum atomic E-state index is -0.186. The van der Waals surface area contributed by atoms with E-state index in [0.717, 1.165) is 10.0 Å². The zero-order chi connectivity index (χ0) is 14.8. The van der Waals surface area contributed by atoms with E-state index in [9.17, 15) is 4.79 Å². The number of rotatable bonds is 3. The first-order valence-electron chi connectivity index (χ1n) is 6.24. The third-order valence-electron chi connectivity index (χ3n) is 3.15. The number of amides is 1. The molecule has 1 aliphatic heterocycles. The van der Waals surface area contributed by atoms with Crippen LogP contribution >= 0.6 is 15.9 Å². The van der Waals surface area contributed by atoms with Gasteiger partial charge in [-0.25, -0.2) is 4.68 Å². The molecule has 1 aliphatic rings. The Kier molecular flexibility index (Phi) is 3.62. The van der Waals surface area contributed by atoms with Gasteiger partial charge in [-0.3, -0.25) is 10.1 Å². The summed E-state index contributed by atoms with van der Waals surface area (Å²) in [6.07, 6.45) is 6.91. The first-order valence-corrected chi connectivity index (χ1v) is 7.03. The van der Waals surface area contributed by atoms with Crippen molar-refractivity contribution in [3.8, 4) is 18.1 Å². The van der Waals surface area contributed by atoms with E-state index in [1.165, 1.54) is 6.33 Å². The van der Waals surface area contributed by atoms with Gasteiger partial charge in [0.05, 0.1) is 16.9 Å². The summed E-state index contributed by atoms with van der Waals surface area (Å²) < 4.78 is 7.89. The van der Waals surface area contributed by atoms with E-state index in [1.54, 1.807) is 4.68 Å². The number of hydrogen-bond donors (Lipinski definition) is 1. The molecule has 0 spiro atoms. The lowest BCUT2D eigenvalue weighted by atomic mass is 10.0. The van der Waals surface area contributed by atoms with Crippen LogP contribution in [0.2, 0.25) is 0 Å². The van der Waals surface area contributed by atoms with Crippen molar-refractivity contribution in [2.45, 2.75) is 12.5 Å². The SMILES string of the molecule is C#CCOc1ccc([C@@H]2CC(=O)Nc3ncnn32)cc1Br. The molecule has 2 aromatic rings. The van der Waals surface area contributed by atoms with Crippen LogP contribution in [0.1, 0.15) is 18.0 Å². The van der Waals surface area contributed by atoms with Gasteiger partial charge in [0.15, 0.2) is 0 Å². The lowest BCUT2D eigenvalue weighted by Gasteiger charge is -2.24. The molecule has 0 radical (unpaired) electrons. The normalized spacial score (nSPS) is 16.8. The Labute approximate surface area is 129 Å². The Morgan fingerprint density at radius 2 is 2.43 bits per heavy atom. The summed E-state index contributed by atoms with van der Waals surface area (Å²) in [7, 11) is 0. The molecule has 1 atom stereocenters. The Balaban J connectivity index is 1.93. The summed E-state index contributed by atoms with van der Waals surface area (Å²) in [6.45, 7) is 0.205. The van der Waals surface area contributed by atoms with Crippen LogP contribution in [0.5, 0.6) is 5.75 Å². The first kappa shape index (κ1) is 13.6. The maximum absolute atomic E-state index is 11.7. The lowest BCUT2D eigenvalue weighted by Crippen LogP contribution is -2.29.